The zero-order valence-corrected chi connectivity index (χ0v) is 9.45. The summed E-state index contributed by atoms with van der Waals surface area (Å²) in [6, 6.07) is 0. The van der Waals surface area contributed by atoms with Crippen LogP contribution in [0.1, 0.15) is 0 Å². The fourth-order valence-corrected chi connectivity index (χ4v) is 0.966. The molecule has 0 unspecified atom stereocenters. The summed E-state index contributed by atoms with van der Waals surface area (Å²) in [5.41, 5.74) is -2.88. The average molecular weight is 256 g/mol. The first-order chi connectivity index (χ1) is 8.07. The number of ether oxygens (including phenoxy) is 1. The first-order valence-corrected chi connectivity index (χ1v) is 5.02. The molecule has 0 bridgehead atoms. The van der Waals surface area contributed by atoms with Gasteiger partial charge >= 0.3 is 0 Å². The smallest absolute Gasteiger partial charge is 0.172 e. The van der Waals surface area contributed by atoms with Crippen molar-refractivity contribution < 1.29 is 40.4 Å². The van der Waals surface area contributed by atoms with Crippen LogP contribution in [0, 0.1) is 5.41 Å². The van der Waals surface area contributed by atoms with Crippen molar-refractivity contribution in [1.29, 1.82) is 0 Å². The predicted octanol–water partition coefficient (Wildman–Crippen LogP) is -2.82. The number of aliphatic hydroxyl groups is 5. The molecule has 0 spiro atoms. The molecule has 0 aliphatic carbocycles. The van der Waals surface area contributed by atoms with Crippen LogP contribution in [-0.2, 0) is 9.62 Å². The Hall–Kier alpha value is -0.320. The van der Waals surface area contributed by atoms with E-state index in [1.807, 2.05) is 0 Å². The van der Waals surface area contributed by atoms with Crippen molar-refractivity contribution in [3.05, 3.63) is 0 Å². The zero-order chi connectivity index (χ0) is 13.4. The summed E-state index contributed by atoms with van der Waals surface area (Å²) in [6.07, 6.45) is 0. The van der Waals surface area contributed by atoms with E-state index in [0.717, 1.165) is 0 Å². The van der Waals surface area contributed by atoms with E-state index in [1.165, 1.54) is 0 Å². The van der Waals surface area contributed by atoms with Crippen molar-refractivity contribution in [2.45, 2.75) is 5.60 Å². The molecule has 0 saturated heterocycles. The molecule has 0 aliphatic rings. The second-order valence-electron chi connectivity index (χ2n) is 4.06. The molecular weight excluding hydrogens is 236 g/mol. The number of aliphatic hydroxyl groups excluding tert-OH is 5. The topological polar surface area (TPSA) is 140 Å². The lowest BCUT2D eigenvalue weighted by molar-refractivity contribution is -0.348. The Morgan fingerprint density at radius 3 is 1.47 bits per heavy atom. The van der Waals surface area contributed by atoms with Gasteiger partial charge in [0.05, 0.1) is 51.7 Å². The van der Waals surface area contributed by atoms with Gasteiger partial charge in [-0.25, -0.2) is 4.89 Å². The molecule has 8 heteroatoms. The summed E-state index contributed by atoms with van der Waals surface area (Å²) in [6.45, 7) is -3.42. The molecule has 104 valence electrons. The van der Waals surface area contributed by atoms with Crippen LogP contribution >= 0.6 is 0 Å². The maximum atomic E-state index is 9.00. The maximum Gasteiger partial charge on any atom is 0.172 e. The molecule has 0 aliphatic heterocycles. The first-order valence-electron chi connectivity index (χ1n) is 5.02. The fourth-order valence-electron chi connectivity index (χ4n) is 0.966. The molecule has 0 aromatic carbocycles. The molecule has 0 atom stereocenters. The van der Waals surface area contributed by atoms with E-state index < -0.39 is 44.1 Å². The molecule has 0 saturated carbocycles. The molecule has 0 aromatic rings. The lowest BCUT2D eigenvalue weighted by atomic mass is 9.92. The van der Waals surface area contributed by atoms with Gasteiger partial charge in [-0.05, 0) is 0 Å². The van der Waals surface area contributed by atoms with Gasteiger partial charge in [0.15, 0.2) is 5.60 Å². The minimum Gasteiger partial charge on any atom is -0.396 e. The Morgan fingerprint density at radius 2 is 1.18 bits per heavy atom. The van der Waals surface area contributed by atoms with Crippen molar-refractivity contribution in [2.24, 2.45) is 5.41 Å². The van der Waals surface area contributed by atoms with E-state index in [4.69, 9.17) is 35.5 Å². The summed E-state index contributed by atoms with van der Waals surface area (Å²) in [4.78, 5) is 3.94. The van der Waals surface area contributed by atoms with Gasteiger partial charge in [-0.3, -0.25) is 5.26 Å². The van der Waals surface area contributed by atoms with Crippen LogP contribution < -0.4 is 0 Å². The van der Waals surface area contributed by atoms with E-state index in [9.17, 15) is 0 Å². The van der Waals surface area contributed by atoms with E-state index >= 15 is 0 Å². The number of hydrogen-bond acceptors (Lipinski definition) is 8. The predicted molar refractivity (Wildman–Crippen MR) is 55.1 cm³/mol. The average Bonchev–Trinajstić information content (AvgIpc) is 2.41. The third-order valence-electron chi connectivity index (χ3n) is 2.55. The summed E-state index contributed by atoms with van der Waals surface area (Å²) in [7, 11) is 0. The van der Waals surface area contributed by atoms with Gasteiger partial charge in [0.25, 0.3) is 0 Å². The second-order valence-corrected chi connectivity index (χ2v) is 4.06. The third kappa shape index (κ3) is 4.45. The standard InChI is InChI=1S/C9H20O8/c10-1-8(2-11,3-12)6-16-7-9(4-13,5-14)17-15/h10-15H,1-7H2. The molecule has 8 nitrogen and oxygen atoms in total. The highest BCUT2D eigenvalue weighted by molar-refractivity contribution is 4.80. The highest BCUT2D eigenvalue weighted by Crippen LogP contribution is 2.17. The minimum atomic E-state index is -1.66. The lowest BCUT2D eigenvalue weighted by Crippen LogP contribution is -2.47. The third-order valence-corrected chi connectivity index (χ3v) is 2.55. The van der Waals surface area contributed by atoms with Gasteiger partial charge < -0.3 is 30.3 Å². The minimum absolute atomic E-state index is 0.221. The Morgan fingerprint density at radius 1 is 0.706 bits per heavy atom. The summed E-state index contributed by atoms with van der Waals surface area (Å²) < 4.78 is 5.03. The SMILES string of the molecule is OCC(CO)(CO)COCC(CO)(CO)OO. The monoisotopic (exact) mass is 256 g/mol. The molecule has 0 fully saturated rings. The quantitative estimate of drug-likeness (QED) is 0.182. The van der Waals surface area contributed by atoms with Gasteiger partial charge in [-0.2, -0.15) is 0 Å². The summed E-state index contributed by atoms with van der Waals surface area (Å²) in [5.74, 6) is 0. The van der Waals surface area contributed by atoms with E-state index in [1.54, 1.807) is 0 Å². The van der Waals surface area contributed by atoms with Crippen molar-refractivity contribution in [3.63, 3.8) is 0 Å². The van der Waals surface area contributed by atoms with Crippen LogP contribution in [0.25, 0.3) is 0 Å². The van der Waals surface area contributed by atoms with Crippen LogP contribution in [0.2, 0.25) is 0 Å². The molecule has 17 heavy (non-hydrogen) atoms. The summed E-state index contributed by atoms with van der Waals surface area (Å²) >= 11 is 0. The second kappa shape index (κ2) is 7.90. The fraction of sp³-hybridized carbons (Fsp3) is 1.00. The van der Waals surface area contributed by atoms with Crippen LogP contribution in [0.15, 0.2) is 0 Å². The van der Waals surface area contributed by atoms with Crippen molar-refractivity contribution >= 4 is 0 Å². The Balaban J connectivity index is 4.28. The van der Waals surface area contributed by atoms with Crippen molar-refractivity contribution in [3.8, 4) is 0 Å². The summed E-state index contributed by atoms with van der Waals surface area (Å²) in [5, 5.41) is 53.3. The Labute approximate surface area is 98.6 Å². The Kier molecular flexibility index (Phi) is 7.75. The van der Waals surface area contributed by atoms with Crippen LogP contribution in [-0.4, -0.2) is 82.6 Å². The highest BCUT2D eigenvalue weighted by Gasteiger charge is 2.34. The zero-order valence-electron chi connectivity index (χ0n) is 9.45. The molecule has 6 N–H and O–H groups in total. The van der Waals surface area contributed by atoms with Crippen LogP contribution in [0.4, 0.5) is 0 Å². The molecule has 0 rings (SSSR count). The maximum absolute atomic E-state index is 9.00. The van der Waals surface area contributed by atoms with Gasteiger partial charge in [0, 0.05) is 0 Å². The molecule has 0 radical (unpaired) electrons. The van der Waals surface area contributed by atoms with Crippen molar-refractivity contribution in [1.82, 2.24) is 0 Å². The normalized spacial score (nSPS) is 13.1. The lowest BCUT2D eigenvalue weighted by Gasteiger charge is -2.30. The van der Waals surface area contributed by atoms with Crippen molar-refractivity contribution in [2.75, 3.05) is 46.2 Å². The molecule has 0 amide bonds. The van der Waals surface area contributed by atoms with Gasteiger partial charge in [-0.1, -0.05) is 0 Å². The molecule has 0 aromatic heterocycles. The van der Waals surface area contributed by atoms with Gasteiger partial charge in [-0.15, -0.1) is 0 Å². The molecule has 0 heterocycles. The Bertz CT molecular complexity index is 153. The molecular formula is C9H20O8. The number of rotatable bonds is 10. The van der Waals surface area contributed by atoms with Gasteiger partial charge in [0.1, 0.15) is 0 Å². The van der Waals surface area contributed by atoms with Crippen LogP contribution in [0.5, 0.6) is 0 Å². The number of hydrogen-bond donors (Lipinski definition) is 6. The van der Waals surface area contributed by atoms with E-state index in [-0.39, 0.29) is 13.2 Å². The highest BCUT2D eigenvalue weighted by atomic mass is 17.1. The van der Waals surface area contributed by atoms with E-state index in [2.05, 4.69) is 4.89 Å². The van der Waals surface area contributed by atoms with E-state index in [0.29, 0.717) is 0 Å². The van der Waals surface area contributed by atoms with Crippen LogP contribution in [0.3, 0.4) is 0 Å². The largest absolute Gasteiger partial charge is 0.396 e. The van der Waals surface area contributed by atoms with Gasteiger partial charge in [0.2, 0.25) is 0 Å². The first kappa shape index (κ1) is 16.7.